The summed E-state index contributed by atoms with van der Waals surface area (Å²) in [5.41, 5.74) is 3.37. The molecule has 0 saturated heterocycles. The second kappa shape index (κ2) is 7.25. The van der Waals surface area contributed by atoms with Gasteiger partial charge in [-0.2, -0.15) is 0 Å². The van der Waals surface area contributed by atoms with E-state index < -0.39 is 0 Å². The number of hydrogen-bond acceptors (Lipinski definition) is 5. The van der Waals surface area contributed by atoms with Crippen molar-refractivity contribution >= 4 is 22.7 Å². The second-order valence-corrected chi connectivity index (χ2v) is 7.06. The fraction of sp³-hybridized carbons (Fsp3) is 0.200. The van der Waals surface area contributed by atoms with E-state index in [1.54, 1.807) is 18.1 Å². The molecule has 0 fully saturated rings. The second-order valence-electron chi connectivity index (χ2n) is 6.11. The first kappa shape index (κ1) is 16.7. The largest absolute Gasteiger partial charge is 0.306 e. The maximum atomic E-state index is 4.48. The maximum Gasteiger partial charge on any atom is 0.197 e. The van der Waals surface area contributed by atoms with Gasteiger partial charge in [0.25, 0.3) is 0 Å². The average Bonchev–Trinajstić information content (AvgIpc) is 3.04. The Kier molecular flexibility index (Phi) is 4.67. The van der Waals surface area contributed by atoms with Crippen LogP contribution in [0.15, 0.2) is 65.0 Å². The number of benzene rings is 2. The highest BCUT2D eigenvalue weighted by molar-refractivity contribution is 7.99. The maximum absolute atomic E-state index is 4.48. The molecule has 0 aliphatic rings. The first-order chi connectivity index (χ1) is 12.7. The number of hydrogen-bond donors (Lipinski definition) is 0. The van der Waals surface area contributed by atoms with Crippen molar-refractivity contribution in [2.24, 2.45) is 0 Å². The van der Waals surface area contributed by atoms with Crippen LogP contribution >= 0.6 is 11.8 Å². The molecule has 0 aliphatic carbocycles. The van der Waals surface area contributed by atoms with Crippen LogP contribution in [0, 0.1) is 6.92 Å². The topological polar surface area (TPSA) is 56.5 Å². The molecule has 5 nitrogen and oxygen atoms in total. The van der Waals surface area contributed by atoms with Gasteiger partial charge < -0.3 is 4.57 Å². The fourth-order valence-electron chi connectivity index (χ4n) is 2.94. The summed E-state index contributed by atoms with van der Waals surface area (Å²) in [7, 11) is 0. The number of rotatable bonds is 5. The van der Waals surface area contributed by atoms with Gasteiger partial charge in [0.2, 0.25) is 0 Å². The molecule has 0 bridgehead atoms. The van der Waals surface area contributed by atoms with E-state index in [0.29, 0.717) is 0 Å². The van der Waals surface area contributed by atoms with Crippen molar-refractivity contribution < 1.29 is 0 Å². The van der Waals surface area contributed by atoms with Crippen molar-refractivity contribution in [3.63, 3.8) is 0 Å². The SMILES string of the molecule is CCn1c(Cc2ccccc2)nnc1Sc1ncnc2ccc(C)cc12. The summed E-state index contributed by atoms with van der Waals surface area (Å²) < 4.78 is 2.15. The van der Waals surface area contributed by atoms with E-state index in [2.05, 4.69) is 62.8 Å². The zero-order chi connectivity index (χ0) is 17.9. The van der Waals surface area contributed by atoms with Gasteiger partial charge in [0.1, 0.15) is 17.2 Å². The summed E-state index contributed by atoms with van der Waals surface area (Å²) in [5, 5.41) is 11.7. The van der Waals surface area contributed by atoms with E-state index in [1.807, 2.05) is 24.3 Å². The molecule has 0 saturated carbocycles. The van der Waals surface area contributed by atoms with Gasteiger partial charge in [0.05, 0.1) is 5.52 Å². The van der Waals surface area contributed by atoms with Crippen LogP contribution in [0.1, 0.15) is 23.9 Å². The standard InChI is InChI=1S/C20H19N5S/c1-3-25-18(12-15-7-5-4-6-8-15)23-24-20(25)26-19-16-11-14(2)9-10-17(16)21-13-22-19/h4-11,13H,3,12H2,1-2H3. The van der Waals surface area contributed by atoms with E-state index in [0.717, 1.165) is 39.9 Å². The highest BCUT2D eigenvalue weighted by atomic mass is 32.2. The third-order valence-electron chi connectivity index (χ3n) is 4.26. The summed E-state index contributed by atoms with van der Waals surface area (Å²) >= 11 is 1.55. The highest BCUT2D eigenvalue weighted by Gasteiger charge is 2.15. The minimum absolute atomic E-state index is 0.770. The lowest BCUT2D eigenvalue weighted by Gasteiger charge is -2.08. The Balaban J connectivity index is 1.68. The van der Waals surface area contributed by atoms with E-state index in [1.165, 1.54) is 11.1 Å². The average molecular weight is 361 g/mol. The van der Waals surface area contributed by atoms with Crippen LogP contribution in [-0.2, 0) is 13.0 Å². The van der Waals surface area contributed by atoms with Gasteiger partial charge in [-0.1, -0.05) is 42.0 Å². The lowest BCUT2D eigenvalue weighted by Crippen LogP contribution is -2.04. The molecule has 2 aromatic heterocycles. The Hall–Kier alpha value is -2.73. The van der Waals surface area contributed by atoms with E-state index >= 15 is 0 Å². The molecule has 4 aromatic rings. The van der Waals surface area contributed by atoms with E-state index in [4.69, 9.17) is 0 Å². The smallest absolute Gasteiger partial charge is 0.197 e. The monoisotopic (exact) mass is 361 g/mol. The van der Waals surface area contributed by atoms with Crippen LogP contribution in [0.5, 0.6) is 0 Å². The Labute approximate surface area is 156 Å². The highest BCUT2D eigenvalue weighted by Crippen LogP contribution is 2.31. The molecule has 0 unspecified atom stereocenters. The summed E-state index contributed by atoms with van der Waals surface area (Å²) in [6, 6.07) is 16.6. The van der Waals surface area contributed by atoms with Crippen LogP contribution < -0.4 is 0 Å². The Morgan fingerprint density at radius 3 is 2.65 bits per heavy atom. The van der Waals surface area contributed by atoms with Crippen LogP contribution in [0.4, 0.5) is 0 Å². The van der Waals surface area contributed by atoms with Crippen molar-refractivity contribution in [2.75, 3.05) is 0 Å². The third-order valence-corrected chi connectivity index (χ3v) is 5.26. The molecule has 0 N–H and O–H groups in total. The molecular formula is C20H19N5S. The van der Waals surface area contributed by atoms with Gasteiger partial charge in [-0.05, 0) is 43.3 Å². The first-order valence-corrected chi connectivity index (χ1v) is 9.41. The molecule has 6 heteroatoms. The zero-order valence-electron chi connectivity index (χ0n) is 14.8. The number of aryl methyl sites for hydroxylation is 1. The quantitative estimate of drug-likeness (QED) is 0.496. The zero-order valence-corrected chi connectivity index (χ0v) is 15.6. The van der Waals surface area contributed by atoms with Crippen molar-refractivity contribution in [2.45, 2.75) is 37.0 Å². The molecule has 130 valence electrons. The number of aromatic nitrogens is 5. The van der Waals surface area contributed by atoms with Crippen LogP contribution in [0.3, 0.4) is 0 Å². The fourth-order valence-corrected chi connectivity index (χ4v) is 3.91. The first-order valence-electron chi connectivity index (χ1n) is 8.60. The minimum atomic E-state index is 0.770. The predicted octanol–water partition coefficient (Wildman–Crippen LogP) is 4.29. The normalized spacial score (nSPS) is 11.2. The molecule has 26 heavy (non-hydrogen) atoms. The summed E-state index contributed by atoms with van der Waals surface area (Å²) in [6.45, 7) is 5.01. The van der Waals surface area contributed by atoms with Gasteiger partial charge in [0, 0.05) is 18.4 Å². The van der Waals surface area contributed by atoms with Crippen molar-refractivity contribution in [3.05, 3.63) is 71.8 Å². The van der Waals surface area contributed by atoms with Crippen molar-refractivity contribution in [1.82, 2.24) is 24.7 Å². The van der Waals surface area contributed by atoms with Gasteiger partial charge in [-0.3, -0.25) is 0 Å². The number of fused-ring (bicyclic) bond motifs is 1. The molecule has 4 rings (SSSR count). The Morgan fingerprint density at radius 2 is 1.85 bits per heavy atom. The minimum Gasteiger partial charge on any atom is -0.306 e. The van der Waals surface area contributed by atoms with Gasteiger partial charge in [-0.15, -0.1) is 10.2 Å². The molecule has 0 atom stereocenters. The molecular weight excluding hydrogens is 342 g/mol. The molecule has 0 amide bonds. The lowest BCUT2D eigenvalue weighted by atomic mass is 10.1. The molecule has 0 aliphatic heterocycles. The van der Waals surface area contributed by atoms with Crippen LogP contribution in [0.25, 0.3) is 10.9 Å². The van der Waals surface area contributed by atoms with Crippen LogP contribution in [-0.4, -0.2) is 24.7 Å². The molecule has 2 aromatic carbocycles. The Bertz CT molecular complexity index is 1040. The Morgan fingerprint density at radius 1 is 1.00 bits per heavy atom. The van der Waals surface area contributed by atoms with E-state index in [-0.39, 0.29) is 0 Å². The summed E-state index contributed by atoms with van der Waals surface area (Å²) in [6.07, 6.45) is 2.38. The summed E-state index contributed by atoms with van der Waals surface area (Å²) in [4.78, 5) is 8.84. The number of nitrogens with zero attached hydrogens (tertiary/aromatic N) is 5. The molecule has 0 radical (unpaired) electrons. The molecule has 2 heterocycles. The summed E-state index contributed by atoms with van der Waals surface area (Å²) in [5.74, 6) is 0.968. The predicted molar refractivity (Wildman–Crippen MR) is 103 cm³/mol. The molecule has 0 spiro atoms. The lowest BCUT2D eigenvalue weighted by molar-refractivity contribution is 0.651. The van der Waals surface area contributed by atoms with Crippen molar-refractivity contribution in [3.8, 4) is 0 Å². The van der Waals surface area contributed by atoms with Gasteiger partial charge in [-0.25, -0.2) is 9.97 Å². The van der Waals surface area contributed by atoms with Crippen LogP contribution in [0.2, 0.25) is 0 Å². The van der Waals surface area contributed by atoms with Gasteiger partial charge >= 0.3 is 0 Å². The third kappa shape index (κ3) is 3.32. The van der Waals surface area contributed by atoms with Crippen molar-refractivity contribution in [1.29, 1.82) is 0 Å². The van der Waals surface area contributed by atoms with E-state index in [9.17, 15) is 0 Å². The van der Waals surface area contributed by atoms with Gasteiger partial charge in [0.15, 0.2) is 5.16 Å².